The van der Waals surface area contributed by atoms with Crippen LogP contribution in [-0.4, -0.2) is 36.6 Å². The predicted molar refractivity (Wildman–Crippen MR) is 64.1 cm³/mol. The SMILES string of the molecule is NS(=O)(=O)n1ccc(C2=CC[NH2+]CC2)c1C(=O)O. The van der Waals surface area contributed by atoms with Crippen molar-refractivity contribution in [3.8, 4) is 0 Å². The van der Waals surface area contributed by atoms with E-state index in [0.29, 0.717) is 16.0 Å². The molecule has 1 aromatic heterocycles. The molecule has 8 heteroatoms. The lowest BCUT2D eigenvalue weighted by Crippen LogP contribution is -2.84. The standard InChI is InChI=1S/C10H13N3O4S/c11-18(16,17)13-6-3-8(9(13)10(14)15)7-1-4-12-5-2-7/h1,3,6,12H,2,4-5H2,(H,14,15)(H2,11,16,17)/p+1. The second-order valence-electron chi connectivity index (χ2n) is 4.02. The molecule has 0 aromatic carbocycles. The molecule has 1 aliphatic rings. The van der Waals surface area contributed by atoms with E-state index in [9.17, 15) is 13.2 Å². The highest BCUT2D eigenvalue weighted by atomic mass is 32.2. The van der Waals surface area contributed by atoms with Crippen molar-refractivity contribution in [3.05, 3.63) is 29.6 Å². The predicted octanol–water partition coefficient (Wildman–Crippen LogP) is -1.41. The Hall–Kier alpha value is -1.64. The number of carboxylic acid groups (broad SMARTS) is 1. The summed E-state index contributed by atoms with van der Waals surface area (Å²) in [6.07, 6.45) is 3.78. The lowest BCUT2D eigenvalue weighted by molar-refractivity contribution is -0.646. The third-order valence-electron chi connectivity index (χ3n) is 2.82. The van der Waals surface area contributed by atoms with Gasteiger partial charge in [0.05, 0.1) is 13.1 Å². The number of nitrogens with zero attached hydrogens (tertiary/aromatic N) is 1. The molecule has 7 nitrogen and oxygen atoms in total. The Morgan fingerprint density at radius 3 is 2.72 bits per heavy atom. The monoisotopic (exact) mass is 272 g/mol. The summed E-state index contributed by atoms with van der Waals surface area (Å²) >= 11 is 0. The molecule has 0 radical (unpaired) electrons. The third kappa shape index (κ3) is 2.30. The average Bonchev–Trinajstić information content (AvgIpc) is 2.74. The molecule has 1 aliphatic heterocycles. The average molecular weight is 272 g/mol. The molecule has 0 bridgehead atoms. The van der Waals surface area contributed by atoms with E-state index in [1.807, 2.05) is 6.08 Å². The van der Waals surface area contributed by atoms with Crippen molar-refractivity contribution in [3.63, 3.8) is 0 Å². The Balaban J connectivity index is 2.59. The molecule has 98 valence electrons. The molecule has 5 N–H and O–H groups in total. The number of quaternary nitrogens is 1. The Morgan fingerprint density at radius 1 is 1.50 bits per heavy atom. The van der Waals surface area contributed by atoms with E-state index in [4.69, 9.17) is 10.2 Å². The second-order valence-corrected chi connectivity index (χ2v) is 5.44. The van der Waals surface area contributed by atoms with Gasteiger partial charge in [-0.25, -0.2) is 13.9 Å². The maximum absolute atomic E-state index is 11.3. The first-order valence-electron chi connectivity index (χ1n) is 5.40. The molecule has 1 aromatic rings. The fourth-order valence-corrected chi connectivity index (χ4v) is 2.70. The number of carbonyl (C=O) groups is 1. The molecule has 2 heterocycles. The van der Waals surface area contributed by atoms with Gasteiger partial charge in [0.1, 0.15) is 5.69 Å². The van der Waals surface area contributed by atoms with Crippen LogP contribution in [0.15, 0.2) is 18.3 Å². The van der Waals surface area contributed by atoms with Gasteiger partial charge >= 0.3 is 16.2 Å². The van der Waals surface area contributed by atoms with Crippen molar-refractivity contribution in [1.29, 1.82) is 0 Å². The highest BCUT2D eigenvalue weighted by molar-refractivity contribution is 7.87. The van der Waals surface area contributed by atoms with E-state index in [2.05, 4.69) is 5.32 Å². The molecule has 2 rings (SSSR count). The highest BCUT2D eigenvalue weighted by Gasteiger charge is 2.24. The zero-order valence-electron chi connectivity index (χ0n) is 9.54. The van der Waals surface area contributed by atoms with Crippen LogP contribution < -0.4 is 10.5 Å². The van der Waals surface area contributed by atoms with E-state index in [0.717, 1.165) is 18.7 Å². The normalized spacial score (nSPS) is 16.4. The highest BCUT2D eigenvalue weighted by Crippen LogP contribution is 2.24. The van der Waals surface area contributed by atoms with Gasteiger partial charge in [0, 0.05) is 18.2 Å². The molecule has 0 saturated heterocycles. The van der Waals surface area contributed by atoms with E-state index in [1.165, 1.54) is 12.3 Å². The molecule has 0 unspecified atom stereocenters. The fraction of sp³-hybridized carbons (Fsp3) is 0.300. The number of nitrogens with two attached hydrogens (primary N) is 2. The molecule has 0 spiro atoms. The van der Waals surface area contributed by atoms with Crippen molar-refractivity contribution in [2.45, 2.75) is 6.42 Å². The first-order chi connectivity index (χ1) is 8.41. The molecule has 0 saturated carbocycles. The van der Waals surface area contributed by atoms with Crippen LogP contribution in [0.2, 0.25) is 0 Å². The van der Waals surface area contributed by atoms with Crippen molar-refractivity contribution in [2.75, 3.05) is 13.1 Å². The third-order valence-corrected chi connectivity index (χ3v) is 3.68. The van der Waals surface area contributed by atoms with Gasteiger partial charge in [0.25, 0.3) is 0 Å². The van der Waals surface area contributed by atoms with Gasteiger partial charge in [0.2, 0.25) is 0 Å². The first kappa shape index (κ1) is 12.8. The van der Waals surface area contributed by atoms with Crippen LogP contribution in [0.3, 0.4) is 0 Å². The minimum Gasteiger partial charge on any atom is -0.477 e. The number of aromatic carboxylic acids is 1. The Kier molecular flexibility index (Phi) is 3.24. The van der Waals surface area contributed by atoms with Crippen LogP contribution in [0.5, 0.6) is 0 Å². The van der Waals surface area contributed by atoms with Gasteiger partial charge in [-0.1, -0.05) is 0 Å². The Labute approximate surface area is 104 Å². The van der Waals surface area contributed by atoms with Gasteiger partial charge in [-0.15, -0.1) is 0 Å². The lowest BCUT2D eigenvalue weighted by Gasteiger charge is -2.12. The number of carboxylic acids is 1. The molecule has 0 amide bonds. The van der Waals surface area contributed by atoms with E-state index < -0.39 is 16.2 Å². The maximum Gasteiger partial charge on any atom is 0.354 e. The molecular weight excluding hydrogens is 258 g/mol. The van der Waals surface area contributed by atoms with Crippen LogP contribution in [0, 0.1) is 0 Å². The molecule has 0 atom stereocenters. The van der Waals surface area contributed by atoms with Crippen molar-refractivity contribution >= 4 is 21.8 Å². The number of aromatic nitrogens is 1. The minimum absolute atomic E-state index is 0.300. The van der Waals surface area contributed by atoms with E-state index in [1.54, 1.807) is 0 Å². The summed E-state index contributed by atoms with van der Waals surface area (Å²) in [4.78, 5) is 11.2. The van der Waals surface area contributed by atoms with Crippen LogP contribution in [0.4, 0.5) is 0 Å². The molecule has 18 heavy (non-hydrogen) atoms. The molecule has 0 fully saturated rings. The van der Waals surface area contributed by atoms with E-state index >= 15 is 0 Å². The molecule has 0 aliphatic carbocycles. The minimum atomic E-state index is -4.10. The maximum atomic E-state index is 11.3. The van der Waals surface area contributed by atoms with Crippen LogP contribution in [0.1, 0.15) is 22.5 Å². The zero-order chi connectivity index (χ0) is 13.3. The summed E-state index contributed by atoms with van der Waals surface area (Å²) in [6.45, 7) is 1.61. The van der Waals surface area contributed by atoms with Crippen molar-refractivity contribution in [2.24, 2.45) is 5.14 Å². The zero-order valence-corrected chi connectivity index (χ0v) is 10.4. The number of rotatable bonds is 3. The molecular formula is C10H14N3O4S+. The largest absolute Gasteiger partial charge is 0.477 e. The van der Waals surface area contributed by atoms with Crippen molar-refractivity contribution in [1.82, 2.24) is 3.97 Å². The lowest BCUT2D eigenvalue weighted by atomic mass is 10.0. The summed E-state index contributed by atoms with van der Waals surface area (Å²) in [5.41, 5.74) is 0.965. The Bertz CT molecular complexity index is 615. The summed E-state index contributed by atoms with van der Waals surface area (Å²) in [6, 6.07) is 1.48. The summed E-state index contributed by atoms with van der Waals surface area (Å²) < 4.78 is 23.2. The van der Waals surface area contributed by atoms with Crippen molar-refractivity contribution < 1.29 is 23.6 Å². The van der Waals surface area contributed by atoms with Gasteiger partial charge in [0.15, 0.2) is 0 Å². The first-order valence-corrected chi connectivity index (χ1v) is 6.90. The number of hydrogen-bond acceptors (Lipinski definition) is 3. The quantitative estimate of drug-likeness (QED) is 0.626. The summed E-state index contributed by atoms with van der Waals surface area (Å²) in [5.74, 6) is -1.31. The van der Waals surface area contributed by atoms with Gasteiger partial charge in [-0.3, -0.25) is 0 Å². The smallest absolute Gasteiger partial charge is 0.354 e. The Morgan fingerprint density at radius 2 is 2.22 bits per heavy atom. The number of hydrogen-bond donors (Lipinski definition) is 3. The van der Waals surface area contributed by atoms with E-state index in [-0.39, 0.29) is 5.69 Å². The van der Waals surface area contributed by atoms with Gasteiger partial charge < -0.3 is 10.4 Å². The second kappa shape index (κ2) is 4.56. The van der Waals surface area contributed by atoms with Gasteiger partial charge in [-0.2, -0.15) is 8.42 Å². The summed E-state index contributed by atoms with van der Waals surface area (Å²) in [7, 11) is -4.10. The van der Waals surface area contributed by atoms with Crippen LogP contribution in [0.25, 0.3) is 5.57 Å². The fourth-order valence-electron chi connectivity index (χ4n) is 2.04. The van der Waals surface area contributed by atoms with Crippen LogP contribution >= 0.6 is 0 Å². The summed E-state index contributed by atoms with van der Waals surface area (Å²) in [5, 5.41) is 16.2. The van der Waals surface area contributed by atoms with Crippen LogP contribution in [-0.2, 0) is 10.2 Å². The topological polar surface area (TPSA) is 119 Å². The van der Waals surface area contributed by atoms with Gasteiger partial charge in [-0.05, 0) is 17.7 Å².